The van der Waals surface area contributed by atoms with Crippen molar-refractivity contribution in [1.82, 2.24) is 4.98 Å². The third-order valence-corrected chi connectivity index (χ3v) is 3.97. The number of nitrogens with two attached hydrogens (primary N) is 1. The molecule has 3 aromatic rings. The van der Waals surface area contributed by atoms with Gasteiger partial charge in [0.25, 0.3) is 0 Å². The summed E-state index contributed by atoms with van der Waals surface area (Å²) in [6, 6.07) is 11.4. The van der Waals surface area contributed by atoms with Crippen molar-refractivity contribution in [3.63, 3.8) is 0 Å². The third kappa shape index (κ3) is 1.85. The van der Waals surface area contributed by atoms with Crippen molar-refractivity contribution in [2.75, 3.05) is 0 Å². The molecule has 4 heteroatoms. The van der Waals surface area contributed by atoms with Crippen LogP contribution in [0.25, 0.3) is 20.7 Å². The number of nitrogens with zero attached hydrogens (tertiary/aromatic N) is 1. The summed E-state index contributed by atoms with van der Waals surface area (Å²) in [5, 5.41) is 10.7. The van der Waals surface area contributed by atoms with Crippen LogP contribution in [0.15, 0.2) is 42.6 Å². The molecule has 0 aliphatic heterocycles. The van der Waals surface area contributed by atoms with Crippen LogP contribution in [0.5, 0.6) is 5.75 Å². The Hall–Kier alpha value is -1.91. The zero-order valence-electron chi connectivity index (χ0n) is 9.63. The minimum Gasteiger partial charge on any atom is -0.507 e. The normalized spacial score (nSPS) is 10.9. The SMILES string of the molecule is NCc1ccnc(-c2cc3c(O)cccc3s2)c1. The molecule has 3 N–H and O–H groups in total. The minimum absolute atomic E-state index is 0.310. The van der Waals surface area contributed by atoms with Crippen molar-refractivity contribution in [3.8, 4) is 16.3 Å². The van der Waals surface area contributed by atoms with Gasteiger partial charge in [0.1, 0.15) is 5.75 Å². The first kappa shape index (κ1) is 11.2. The van der Waals surface area contributed by atoms with E-state index in [9.17, 15) is 5.11 Å². The number of pyridine rings is 1. The quantitative estimate of drug-likeness (QED) is 0.740. The second-order valence-corrected chi connectivity index (χ2v) is 5.14. The summed E-state index contributed by atoms with van der Waals surface area (Å²) < 4.78 is 1.06. The van der Waals surface area contributed by atoms with E-state index in [1.54, 1.807) is 23.6 Å². The molecule has 18 heavy (non-hydrogen) atoms. The van der Waals surface area contributed by atoms with Crippen molar-refractivity contribution in [2.45, 2.75) is 6.54 Å². The van der Waals surface area contributed by atoms with Crippen LogP contribution in [0.3, 0.4) is 0 Å². The topological polar surface area (TPSA) is 59.1 Å². The largest absolute Gasteiger partial charge is 0.507 e. The molecule has 3 rings (SSSR count). The van der Waals surface area contributed by atoms with Gasteiger partial charge in [-0.2, -0.15) is 0 Å². The van der Waals surface area contributed by atoms with E-state index in [0.29, 0.717) is 12.3 Å². The van der Waals surface area contributed by atoms with E-state index in [4.69, 9.17) is 5.73 Å². The Labute approximate surface area is 109 Å². The second-order valence-electron chi connectivity index (χ2n) is 4.05. The molecule has 0 aliphatic carbocycles. The van der Waals surface area contributed by atoms with Crippen molar-refractivity contribution in [3.05, 3.63) is 48.2 Å². The highest BCUT2D eigenvalue weighted by Gasteiger charge is 2.08. The number of phenols is 1. The van der Waals surface area contributed by atoms with Gasteiger partial charge in [0.05, 0.1) is 10.6 Å². The highest BCUT2D eigenvalue weighted by molar-refractivity contribution is 7.22. The van der Waals surface area contributed by atoms with Crippen molar-refractivity contribution < 1.29 is 5.11 Å². The molecular formula is C14H12N2OS. The van der Waals surface area contributed by atoms with Gasteiger partial charge in [0.15, 0.2) is 0 Å². The first-order valence-corrected chi connectivity index (χ1v) is 6.46. The van der Waals surface area contributed by atoms with Gasteiger partial charge in [-0.25, -0.2) is 0 Å². The van der Waals surface area contributed by atoms with Crippen LogP contribution < -0.4 is 5.73 Å². The Kier molecular flexibility index (Phi) is 2.74. The van der Waals surface area contributed by atoms with Gasteiger partial charge >= 0.3 is 0 Å². The van der Waals surface area contributed by atoms with E-state index >= 15 is 0 Å². The molecule has 0 fully saturated rings. The van der Waals surface area contributed by atoms with E-state index in [0.717, 1.165) is 26.2 Å². The molecule has 2 heterocycles. The van der Waals surface area contributed by atoms with Crippen LogP contribution in [0, 0.1) is 0 Å². The van der Waals surface area contributed by atoms with Crippen LogP contribution in [0.1, 0.15) is 5.56 Å². The molecule has 3 nitrogen and oxygen atoms in total. The number of thiophene rings is 1. The first-order valence-electron chi connectivity index (χ1n) is 5.65. The van der Waals surface area contributed by atoms with Crippen LogP contribution >= 0.6 is 11.3 Å². The van der Waals surface area contributed by atoms with Gasteiger partial charge in [-0.05, 0) is 35.9 Å². The zero-order chi connectivity index (χ0) is 12.5. The summed E-state index contributed by atoms with van der Waals surface area (Å²) in [7, 11) is 0. The Morgan fingerprint density at radius 1 is 1.22 bits per heavy atom. The highest BCUT2D eigenvalue weighted by atomic mass is 32.1. The van der Waals surface area contributed by atoms with Crippen LogP contribution in [0.2, 0.25) is 0 Å². The van der Waals surface area contributed by atoms with Gasteiger partial charge in [0, 0.05) is 22.8 Å². The standard InChI is InChI=1S/C14H12N2OS/c15-8-9-4-5-16-11(6-9)14-7-10-12(17)2-1-3-13(10)18-14/h1-7,17H,8,15H2. The fourth-order valence-electron chi connectivity index (χ4n) is 1.91. The van der Waals surface area contributed by atoms with E-state index in [-0.39, 0.29) is 0 Å². The monoisotopic (exact) mass is 256 g/mol. The fourth-order valence-corrected chi connectivity index (χ4v) is 2.96. The molecular weight excluding hydrogens is 244 g/mol. The number of hydrogen-bond donors (Lipinski definition) is 2. The third-order valence-electron chi connectivity index (χ3n) is 2.85. The number of aromatic nitrogens is 1. The van der Waals surface area contributed by atoms with Crippen molar-refractivity contribution in [1.29, 1.82) is 0 Å². The van der Waals surface area contributed by atoms with Crippen molar-refractivity contribution in [2.24, 2.45) is 5.73 Å². The van der Waals surface area contributed by atoms with Gasteiger partial charge in [0.2, 0.25) is 0 Å². The van der Waals surface area contributed by atoms with E-state index < -0.39 is 0 Å². The van der Waals surface area contributed by atoms with E-state index in [1.807, 2.05) is 30.3 Å². The molecule has 0 aliphatic rings. The lowest BCUT2D eigenvalue weighted by Gasteiger charge is -1.99. The highest BCUT2D eigenvalue weighted by Crippen LogP contribution is 2.36. The van der Waals surface area contributed by atoms with Crippen LogP contribution in [-0.4, -0.2) is 10.1 Å². The summed E-state index contributed by atoms with van der Waals surface area (Å²) in [5.41, 5.74) is 7.59. The lowest BCUT2D eigenvalue weighted by atomic mass is 10.2. The lowest BCUT2D eigenvalue weighted by Crippen LogP contribution is -1.96. The zero-order valence-corrected chi connectivity index (χ0v) is 10.4. The predicted octanol–water partition coefficient (Wildman–Crippen LogP) is 3.13. The molecule has 0 amide bonds. The average Bonchev–Trinajstić information content (AvgIpc) is 2.84. The van der Waals surface area contributed by atoms with Gasteiger partial charge in [-0.1, -0.05) is 6.07 Å². The smallest absolute Gasteiger partial charge is 0.124 e. The Morgan fingerprint density at radius 2 is 2.11 bits per heavy atom. The molecule has 2 aromatic heterocycles. The number of rotatable bonds is 2. The number of benzene rings is 1. The lowest BCUT2D eigenvalue weighted by molar-refractivity contribution is 0.482. The molecule has 0 spiro atoms. The van der Waals surface area contributed by atoms with Gasteiger partial charge in [-0.3, -0.25) is 4.98 Å². The summed E-state index contributed by atoms with van der Waals surface area (Å²) in [6.45, 7) is 0.506. The van der Waals surface area contributed by atoms with Crippen molar-refractivity contribution >= 4 is 21.4 Å². The molecule has 90 valence electrons. The summed E-state index contributed by atoms with van der Waals surface area (Å²) in [6.07, 6.45) is 1.77. The molecule has 0 atom stereocenters. The maximum absolute atomic E-state index is 9.80. The first-order chi connectivity index (χ1) is 8.78. The maximum Gasteiger partial charge on any atom is 0.124 e. The van der Waals surface area contributed by atoms with E-state index in [1.165, 1.54) is 0 Å². The molecule has 0 bridgehead atoms. The molecule has 0 saturated carbocycles. The Balaban J connectivity index is 2.16. The van der Waals surface area contributed by atoms with Gasteiger partial charge < -0.3 is 10.8 Å². The summed E-state index contributed by atoms with van der Waals surface area (Å²) >= 11 is 1.62. The fraction of sp³-hybridized carbons (Fsp3) is 0.0714. The summed E-state index contributed by atoms with van der Waals surface area (Å²) in [4.78, 5) is 5.40. The predicted molar refractivity (Wildman–Crippen MR) is 74.6 cm³/mol. The number of fused-ring (bicyclic) bond motifs is 1. The Bertz CT molecular complexity index is 706. The van der Waals surface area contributed by atoms with Crippen LogP contribution in [0.4, 0.5) is 0 Å². The molecule has 0 radical (unpaired) electrons. The van der Waals surface area contributed by atoms with Gasteiger partial charge in [-0.15, -0.1) is 11.3 Å². The van der Waals surface area contributed by atoms with Crippen LogP contribution in [-0.2, 0) is 6.54 Å². The van der Waals surface area contributed by atoms with E-state index in [2.05, 4.69) is 4.98 Å². The Morgan fingerprint density at radius 3 is 2.89 bits per heavy atom. The second kappa shape index (κ2) is 4.40. The molecule has 0 unspecified atom stereocenters. The number of phenolic OH excluding ortho intramolecular Hbond substituents is 1. The minimum atomic E-state index is 0.310. The average molecular weight is 256 g/mol. The maximum atomic E-state index is 9.80. The number of hydrogen-bond acceptors (Lipinski definition) is 4. The number of aromatic hydroxyl groups is 1. The summed E-state index contributed by atoms with van der Waals surface area (Å²) in [5.74, 6) is 0.310. The molecule has 1 aromatic carbocycles. The molecule has 0 saturated heterocycles.